The van der Waals surface area contributed by atoms with Crippen molar-refractivity contribution in [2.45, 2.75) is 39.5 Å². The lowest BCUT2D eigenvalue weighted by Gasteiger charge is -2.35. The summed E-state index contributed by atoms with van der Waals surface area (Å²) in [5, 5.41) is 3.02. The minimum absolute atomic E-state index is 0.170. The van der Waals surface area contributed by atoms with E-state index < -0.39 is 12.1 Å². The fraction of sp³-hybridized carbons (Fsp3) is 0.231. The van der Waals surface area contributed by atoms with Crippen molar-refractivity contribution in [1.29, 1.82) is 0 Å². The number of rotatable bonds is 4. The molecule has 1 atom stereocenters. The molecule has 2 amide bonds. The van der Waals surface area contributed by atoms with Crippen LogP contribution in [0.15, 0.2) is 72.8 Å². The molecule has 0 saturated heterocycles. The average molecular weight is 415 g/mol. The lowest BCUT2D eigenvalue weighted by molar-refractivity contribution is -0.121. The molecule has 1 N–H and O–H groups in total. The number of fused-ring (bicyclic) bond motifs is 1. The first-order valence-corrected chi connectivity index (χ1v) is 10.4. The number of carbonyl (C=O) groups excluding carboxylic acids is 2. The van der Waals surface area contributed by atoms with Gasteiger partial charge in [-0.1, -0.05) is 66.7 Å². The van der Waals surface area contributed by atoms with E-state index in [0.717, 1.165) is 33.5 Å². The molecule has 0 bridgehead atoms. The van der Waals surface area contributed by atoms with E-state index in [2.05, 4.69) is 5.32 Å². The maximum Gasteiger partial charge on any atom is 0.411 e. The minimum atomic E-state index is -0.641. The summed E-state index contributed by atoms with van der Waals surface area (Å²) < 4.78 is 5.56. The molecule has 0 radical (unpaired) electrons. The number of benzene rings is 3. The van der Waals surface area contributed by atoms with E-state index in [4.69, 9.17) is 4.74 Å². The molecular weight excluding hydrogens is 388 g/mol. The number of nitrogens with zero attached hydrogens (tertiary/aromatic N) is 1. The smallest absolute Gasteiger partial charge is 0.411 e. The van der Waals surface area contributed by atoms with Crippen LogP contribution < -0.4 is 5.32 Å². The van der Waals surface area contributed by atoms with Crippen molar-refractivity contribution in [3.63, 3.8) is 0 Å². The van der Waals surface area contributed by atoms with Crippen LogP contribution in [0.4, 0.5) is 10.5 Å². The zero-order valence-corrected chi connectivity index (χ0v) is 17.8. The number of amides is 2. The summed E-state index contributed by atoms with van der Waals surface area (Å²) in [4.78, 5) is 27.8. The largest absolute Gasteiger partial charge is 0.445 e. The van der Waals surface area contributed by atoms with Gasteiger partial charge in [-0.3, -0.25) is 9.69 Å². The molecule has 158 valence electrons. The average Bonchev–Trinajstić information content (AvgIpc) is 2.79. The lowest BCUT2D eigenvalue weighted by atomic mass is 9.93. The third kappa shape index (κ3) is 4.77. The van der Waals surface area contributed by atoms with Crippen LogP contribution in [0.2, 0.25) is 0 Å². The Kier molecular flexibility index (Phi) is 6.03. The fourth-order valence-electron chi connectivity index (χ4n) is 3.84. The Morgan fingerprint density at radius 1 is 0.968 bits per heavy atom. The molecule has 0 aromatic heterocycles. The zero-order valence-electron chi connectivity index (χ0n) is 17.8. The predicted octanol–water partition coefficient (Wildman–Crippen LogP) is 5.01. The standard InChI is InChI=1S/C26H26N2O3/c1-18-12-13-19(2)23(14-18)27-25(29)24-15-21-10-6-7-11-22(21)16-28(24)26(30)31-17-20-8-4-3-5-9-20/h3-14,24H,15-17H2,1-2H3,(H,27,29)/t24-/m1/s1. The van der Waals surface area contributed by atoms with Crippen LogP contribution in [0.3, 0.4) is 0 Å². The number of hydrogen-bond acceptors (Lipinski definition) is 3. The highest BCUT2D eigenvalue weighted by atomic mass is 16.6. The molecule has 1 heterocycles. The number of carbonyl (C=O) groups is 2. The summed E-state index contributed by atoms with van der Waals surface area (Å²) in [7, 11) is 0. The van der Waals surface area contributed by atoms with Gasteiger partial charge in [-0.25, -0.2) is 4.79 Å². The number of hydrogen-bond donors (Lipinski definition) is 1. The van der Waals surface area contributed by atoms with Crippen molar-refractivity contribution >= 4 is 17.7 Å². The molecule has 4 rings (SSSR count). The van der Waals surface area contributed by atoms with E-state index >= 15 is 0 Å². The van der Waals surface area contributed by atoms with Crippen LogP contribution in [0.5, 0.6) is 0 Å². The zero-order chi connectivity index (χ0) is 21.8. The van der Waals surface area contributed by atoms with Gasteiger partial charge in [-0.15, -0.1) is 0 Å². The van der Waals surface area contributed by atoms with Crippen molar-refractivity contribution in [1.82, 2.24) is 4.90 Å². The van der Waals surface area contributed by atoms with E-state index in [9.17, 15) is 9.59 Å². The van der Waals surface area contributed by atoms with Gasteiger partial charge in [0, 0.05) is 12.1 Å². The van der Waals surface area contributed by atoms with Crippen LogP contribution in [0, 0.1) is 13.8 Å². The second kappa shape index (κ2) is 9.04. The number of nitrogens with one attached hydrogen (secondary N) is 1. The molecule has 0 unspecified atom stereocenters. The summed E-state index contributed by atoms with van der Waals surface area (Å²) in [6.07, 6.45) is -0.0349. The van der Waals surface area contributed by atoms with Gasteiger partial charge in [0.15, 0.2) is 0 Å². The number of anilines is 1. The second-order valence-corrected chi connectivity index (χ2v) is 7.96. The Hall–Kier alpha value is -3.60. The fourth-order valence-corrected chi connectivity index (χ4v) is 3.84. The third-order valence-corrected chi connectivity index (χ3v) is 5.64. The molecule has 1 aliphatic rings. The van der Waals surface area contributed by atoms with Crippen molar-refractivity contribution < 1.29 is 14.3 Å². The highest BCUT2D eigenvalue weighted by Crippen LogP contribution is 2.26. The molecule has 3 aromatic carbocycles. The van der Waals surface area contributed by atoms with Crippen molar-refractivity contribution in [2.75, 3.05) is 5.32 Å². The SMILES string of the molecule is Cc1ccc(C)c(NC(=O)[C@H]2Cc3ccccc3CN2C(=O)OCc2ccccc2)c1. The van der Waals surface area contributed by atoms with Gasteiger partial charge in [0.2, 0.25) is 5.91 Å². The molecule has 0 aliphatic carbocycles. The topological polar surface area (TPSA) is 58.6 Å². The van der Waals surface area contributed by atoms with Gasteiger partial charge in [0.25, 0.3) is 0 Å². The van der Waals surface area contributed by atoms with Crippen LogP contribution >= 0.6 is 0 Å². The lowest BCUT2D eigenvalue weighted by Crippen LogP contribution is -2.50. The quantitative estimate of drug-likeness (QED) is 0.653. The second-order valence-electron chi connectivity index (χ2n) is 7.96. The maximum absolute atomic E-state index is 13.3. The van der Waals surface area contributed by atoms with Gasteiger partial charge >= 0.3 is 6.09 Å². The van der Waals surface area contributed by atoms with Crippen LogP contribution in [-0.4, -0.2) is 22.9 Å². The van der Waals surface area contributed by atoms with E-state index in [-0.39, 0.29) is 12.5 Å². The molecule has 1 aliphatic heterocycles. The number of aryl methyl sites for hydroxylation is 2. The highest BCUT2D eigenvalue weighted by Gasteiger charge is 2.35. The van der Waals surface area contributed by atoms with Gasteiger partial charge in [0.05, 0.1) is 6.54 Å². The van der Waals surface area contributed by atoms with E-state index in [0.29, 0.717) is 13.0 Å². The monoisotopic (exact) mass is 414 g/mol. The van der Waals surface area contributed by atoms with Crippen molar-refractivity contribution in [2.24, 2.45) is 0 Å². The van der Waals surface area contributed by atoms with Gasteiger partial charge in [0.1, 0.15) is 12.6 Å². The summed E-state index contributed by atoms with van der Waals surface area (Å²) >= 11 is 0. The van der Waals surface area contributed by atoms with Crippen molar-refractivity contribution in [3.8, 4) is 0 Å². The maximum atomic E-state index is 13.3. The summed E-state index contributed by atoms with van der Waals surface area (Å²) in [6.45, 7) is 4.45. The normalized spacial score (nSPS) is 15.2. The molecule has 0 fully saturated rings. The van der Waals surface area contributed by atoms with Crippen LogP contribution in [-0.2, 0) is 29.1 Å². The summed E-state index contributed by atoms with van der Waals surface area (Å²) in [5.41, 5.74) is 5.83. The molecule has 0 saturated carbocycles. The molecule has 3 aromatic rings. The first kappa shape index (κ1) is 20.7. The Morgan fingerprint density at radius 3 is 2.45 bits per heavy atom. The highest BCUT2D eigenvalue weighted by molar-refractivity contribution is 5.97. The van der Waals surface area contributed by atoms with E-state index in [1.165, 1.54) is 4.90 Å². The summed E-state index contributed by atoms with van der Waals surface area (Å²) in [6, 6.07) is 22.7. The Balaban J connectivity index is 1.55. The summed E-state index contributed by atoms with van der Waals surface area (Å²) in [5.74, 6) is -0.208. The van der Waals surface area contributed by atoms with E-state index in [1.807, 2.05) is 86.6 Å². The van der Waals surface area contributed by atoms with Crippen LogP contribution in [0.25, 0.3) is 0 Å². The van der Waals surface area contributed by atoms with E-state index in [1.54, 1.807) is 0 Å². The molecular formula is C26H26N2O3. The molecule has 5 heteroatoms. The first-order valence-electron chi connectivity index (χ1n) is 10.4. The third-order valence-electron chi connectivity index (χ3n) is 5.64. The molecule has 5 nitrogen and oxygen atoms in total. The Labute approximate surface area is 182 Å². The minimum Gasteiger partial charge on any atom is -0.445 e. The van der Waals surface area contributed by atoms with Crippen LogP contribution in [0.1, 0.15) is 27.8 Å². The van der Waals surface area contributed by atoms with Crippen molar-refractivity contribution in [3.05, 3.63) is 101 Å². The van der Waals surface area contributed by atoms with Gasteiger partial charge in [-0.05, 0) is 47.7 Å². The predicted molar refractivity (Wildman–Crippen MR) is 121 cm³/mol. The number of ether oxygens (including phenoxy) is 1. The van der Waals surface area contributed by atoms with Gasteiger partial charge in [-0.2, -0.15) is 0 Å². The first-order chi connectivity index (χ1) is 15.0. The Bertz CT molecular complexity index is 1090. The molecule has 0 spiro atoms. The molecule has 31 heavy (non-hydrogen) atoms. The van der Waals surface area contributed by atoms with Gasteiger partial charge < -0.3 is 10.1 Å². The Morgan fingerprint density at radius 2 is 1.68 bits per heavy atom.